The largest absolute Gasteiger partial charge is 0.325 e. The zero-order valence-corrected chi connectivity index (χ0v) is 16.7. The molecule has 5 nitrogen and oxygen atoms in total. The molecule has 1 aliphatic heterocycles. The predicted octanol–water partition coefficient (Wildman–Crippen LogP) is 4.36. The van der Waals surface area contributed by atoms with Gasteiger partial charge in [-0.3, -0.25) is 9.59 Å². The molecule has 1 aliphatic rings. The second-order valence-corrected chi connectivity index (χ2v) is 7.84. The number of benzene rings is 2. The molecule has 1 heterocycles. The van der Waals surface area contributed by atoms with Crippen molar-refractivity contribution in [1.82, 2.24) is 5.32 Å². The van der Waals surface area contributed by atoms with Gasteiger partial charge in [0.05, 0.1) is 22.4 Å². The van der Waals surface area contributed by atoms with E-state index in [-0.39, 0.29) is 29.9 Å². The Labute approximate surface area is 172 Å². The molecule has 28 heavy (non-hydrogen) atoms. The first-order valence-electron chi connectivity index (χ1n) is 8.65. The molecule has 0 saturated carbocycles. The number of hydrogen-bond acceptors (Lipinski definition) is 4. The maximum atomic E-state index is 12.3. The number of carbonyl (C=O) groups is 2. The molecule has 0 bridgehead atoms. The molecule has 0 fully saturated rings. The average Bonchev–Trinajstić information content (AvgIpc) is 2.66. The maximum absolute atomic E-state index is 12.3. The van der Waals surface area contributed by atoms with Crippen molar-refractivity contribution in [2.45, 2.75) is 19.3 Å². The van der Waals surface area contributed by atoms with Gasteiger partial charge >= 0.3 is 0 Å². The topological polar surface area (TPSA) is 82.0 Å². The SMILES string of the molecule is Cc1cccc(NC(=O)CSC2=C(C#N)[C@H](c3ccc(Cl)cc3)CC(=O)N2)c1. The number of nitrogens with zero attached hydrogens (tertiary/aromatic N) is 1. The molecule has 0 aromatic heterocycles. The van der Waals surface area contributed by atoms with E-state index >= 15 is 0 Å². The molecule has 0 unspecified atom stereocenters. The quantitative estimate of drug-likeness (QED) is 0.765. The smallest absolute Gasteiger partial charge is 0.234 e. The molecular weight excluding hydrogens is 394 g/mol. The average molecular weight is 412 g/mol. The third-order valence-electron chi connectivity index (χ3n) is 4.28. The van der Waals surface area contributed by atoms with Crippen LogP contribution in [0.15, 0.2) is 59.1 Å². The first kappa shape index (κ1) is 20.0. The van der Waals surface area contributed by atoms with Gasteiger partial charge in [0.25, 0.3) is 0 Å². The van der Waals surface area contributed by atoms with Crippen molar-refractivity contribution in [2.24, 2.45) is 0 Å². The molecule has 2 amide bonds. The molecule has 2 aromatic carbocycles. The third-order valence-corrected chi connectivity index (χ3v) is 5.55. The van der Waals surface area contributed by atoms with Crippen LogP contribution in [0.25, 0.3) is 0 Å². The molecule has 2 aromatic rings. The fraction of sp³-hybridized carbons (Fsp3) is 0.190. The normalized spacial score (nSPS) is 16.3. The minimum absolute atomic E-state index is 0.0854. The molecule has 0 spiro atoms. The number of thioether (sulfide) groups is 1. The summed E-state index contributed by atoms with van der Waals surface area (Å²) in [5.41, 5.74) is 3.06. The molecule has 7 heteroatoms. The Hall–Kier alpha value is -2.75. The molecule has 1 atom stereocenters. The lowest BCUT2D eigenvalue weighted by Crippen LogP contribution is -2.31. The molecular formula is C21H18ClN3O2S. The van der Waals surface area contributed by atoms with Gasteiger partial charge in [0.15, 0.2) is 0 Å². The van der Waals surface area contributed by atoms with E-state index in [1.54, 1.807) is 12.1 Å². The van der Waals surface area contributed by atoms with Crippen LogP contribution in [0.5, 0.6) is 0 Å². The van der Waals surface area contributed by atoms with Crippen LogP contribution in [0.3, 0.4) is 0 Å². The fourth-order valence-electron chi connectivity index (χ4n) is 2.97. The third kappa shape index (κ3) is 4.94. The Morgan fingerprint density at radius 3 is 2.75 bits per heavy atom. The van der Waals surface area contributed by atoms with Crippen LogP contribution in [0.4, 0.5) is 5.69 Å². The Balaban J connectivity index is 1.74. The van der Waals surface area contributed by atoms with E-state index in [4.69, 9.17) is 11.6 Å². The summed E-state index contributed by atoms with van der Waals surface area (Å²) in [7, 11) is 0. The van der Waals surface area contributed by atoms with Crippen LogP contribution in [0.2, 0.25) is 5.02 Å². The standard InChI is InChI=1S/C21H18ClN3O2S/c1-13-3-2-4-16(9-13)24-20(27)12-28-21-18(11-23)17(10-19(26)25-21)14-5-7-15(22)8-6-14/h2-9,17H,10,12H2,1H3,(H,24,27)(H,25,26)/t17-/m0/s1. The Bertz CT molecular complexity index is 980. The highest BCUT2D eigenvalue weighted by Crippen LogP contribution is 2.36. The number of halogens is 1. The van der Waals surface area contributed by atoms with Gasteiger partial charge < -0.3 is 10.6 Å². The van der Waals surface area contributed by atoms with Crippen LogP contribution >= 0.6 is 23.4 Å². The lowest BCUT2D eigenvalue weighted by molar-refractivity contribution is -0.121. The lowest BCUT2D eigenvalue weighted by Gasteiger charge is -2.25. The highest BCUT2D eigenvalue weighted by molar-refractivity contribution is 8.03. The predicted molar refractivity (Wildman–Crippen MR) is 112 cm³/mol. The number of nitriles is 1. The van der Waals surface area contributed by atoms with E-state index in [0.717, 1.165) is 22.9 Å². The van der Waals surface area contributed by atoms with Gasteiger partial charge in [0, 0.05) is 23.0 Å². The van der Waals surface area contributed by atoms with Crippen molar-refractivity contribution in [3.63, 3.8) is 0 Å². The first-order chi connectivity index (χ1) is 13.5. The minimum Gasteiger partial charge on any atom is -0.325 e. The van der Waals surface area contributed by atoms with Gasteiger partial charge in [-0.15, -0.1) is 0 Å². The highest BCUT2D eigenvalue weighted by atomic mass is 35.5. The number of carbonyl (C=O) groups excluding carboxylic acids is 2. The van der Waals surface area contributed by atoms with E-state index in [2.05, 4.69) is 16.7 Å². The van der Waals surface area contributed by atoms with Gasteiger partial charge in [-0.05, 0) is 42.3 Å². The fourth-order valence-corrected chi connectivity index (χ4v) is 3.97. The van der Waals surface area contributed by atoms with Crippen LogP contribution in [0, 0.1) is 18.3 Å². The van der Waals surface area contributed by atoms with E-state index in [9.17, 15) is 14.9 Å². The van der Waals surface area contributed by atoms with Crippen molar-refractivity contribution in [1.29, 1.82) is 5.26 Å². The molecule has 2 N–H and O–H groups in total. The summed E-state index contributed by atoms with van der Waals surface area (Å²) in [6.07, 6.45) is 0.185. The molecule has 0 saturated heterocycles. The zero-order valence-electron chi connectivity index (χ0n) is 15.2. The van der Waals surface area contributed by atoms with E-state index in [1.807, 2.05) is 43.3 Å². The number of amides is 2. The number of allylic oxidation sites excluding steroid dienone is 1. The van der Waals surface area contributed by atoms with E-state index < -0.39 is 0 Å². The number of hydrogen-bond donors (Lipinski definition) is 2. The summed E-state index contributed by atoms with van der Waals surface area (Å²) >= 11 is 7.09. The lowest BCUT2D eigenvalue weighted by atomic mass is 9.87. The Morgan fingerprint density at radius 2 is 2.07 bits per heavy atom. The van der Waals surface area contributed by atoms with Gasteiger partial charge in [0.1, 0.15) is 0 Å². The number of anilines is 1. The summed E-state index contributed by atoms with van der Waals surface area (Å²) in [5.74, 6) is -0.649. The van der Waals surface area contributed by atoms with Crippen molar-refractivity contribution >= 4 is 40.9 Å². The monoisotopic (exact) mass is 411 g/mol. The minimum atomic E-state index is -0.349. The van der Waals surface area contributed by atoms with Gasteiger partial charge in [0.2, 0.25) is 11.8 Å². The summed E-state index contributed by atoms with van der Waals surface area (Å²) in [6, 6.07) is 16.8. The van der Waals surface area contributed by atoms with Crippen molar-refractivity contribution in [3.8, 4) is 6.07 Å². The van der Waals surface area contributed by atoms with Crippen molar-refractivity contribution in [3.05, 3.63) is 75.3 Å². The number of aryl methyl sites for hydroxylation is 1. The van der Waals surface area contributed by atoms with Gasteiger partial charge in [-0.25, -0.2) is 0 Å². The van der Waals surface area contributed by atoms with Crippen LogP contribution in [0.1, 0.15) is 23.5 Å². The number of rotatable bonds is 5. The second kappa shape index (κ2) is 8.96. The Kier molecular flexibility index (Phi) is 6.40. The molecule has 3 rings (SSSR count). The van der Waals surface area contributed by atoms with Crippen molar-refractivity contribution < 1.29 is 9.59 Å². The van der Waals surface area contributed by atoms with Crippen LogP contribution in [-0.4, -0.2) is 17.6 Å². The van der Waals surface area contributed by atoms with Crippen LogP contribution < -0.4 is 10.6 Å². The molecule has 0 aliphatic carbocycles. The van der Waals surface area contributed by atoms with E-state index in [0.29, 0.717) is 21.3 Å². The summed E-state index contributed by atoms with van der Waals surface area (Å²) < 4.78 is 0. The molecule has 0 radical (unpaired) electrons. The maximum Gasteiger partial charge on any atom is 0.234 e. The summed E-state index contributed by atoms with van der Waals surface area (Å²) in [5, 5.41) is 16.2. The number of nitrogens with one attached hydrogen (secondary N) is 2. The van der Waals surface area contributed by atoms with Gasteiger partial charge in [-0.1, -0.05) is 47.6 Å². The molecule has 142 valence electrons. The van der Waals surface area contributed by atoms with Crippen LogP contribution in [-0.2, 0) is 9.59 Å². The highest BCUT2D eigenvalue weighted by Gasteiger charge is 2.29. The zero-order chi connectivity index (χ0) is 20.1. The Morgan fingerprint density at radius 1 is 1.32 bits per heavy atom. The summed E-state index contributed by atoms with van der Waals surface area (Å²) in [6.45, 7) is 1.95. The first-order valence-corrected chi connectivity index (χ1v) is 10.0. The van der Waals surface area contributed by atoms with Crippen molar-refractivity contribution in [2.75, 3.05) is 11.1 Å². The van der Waals surface area contributed by atoms with E-state index in [1.165, 1.54) is 0 Å². The summed E-state index contributed by atoms with van der Waals surface area (Å²) in [4.78, 5) is 24.4. The second-order valence-electron chi connectivity index (χ2n) is 6.42. The van der Waals surface area contributed by atoms with Gasteiger partial charge in [-0.2, -0.15) is 5.26 Å².